The summed E-state index contributed by atoms with van der Waals surface area (Å²) in [5.41, 5.74) is 16.6. The van der Waals surface area contributed by atoms with E-state index in [2.05, 4.69) is 24.3 Å². The summed E-state index contributed by atoms with van der Waals surface area (Å²) in [5.74, 6) is -0.824. The van der Waals surface area contributed by atoms with Crippen molar-refractivity contribution in [3.05, 3.63) is 64.7 Å². The molecule has 5 heteroatoms. The lowest BCUT2D eigenvalue weighted by Gasteiger charge is -2.24. The maximum Gasteiger partial charge on any atom is 0.244 e. The monoisotopic (exact) mass is 337 g/mol. The minimum absolute atomic E-state index is 0.00646. The van der Waals surface area contributed by atoms with Crippen LogP contribution in [-0.4, -0.2) is 24.4 Å². The van der Waals surface area contributed by atoms with Crippen LogP contribution < -0.4 is 16.4 Å². The maximum absolute atomic E-state index is 12.8. The molecular formula is C20H23N3O2. The number of amides is 2. The first-order chi connectivity index (χ1) is 11.9. The Kier molecular flexibility index (Phi) is 4.59. The lowest BCUT2D eigenvalue weighted by molar-refractivity contribution is -0.123. The van der Waals surface area contributed by atoms with Crippen LogP contribution in [0.2, 0.25) is 0 Å². The predicted molar refractivity (Wildman–Crippen MR) is 98.3 cm³/mol. The van der Waals surface area contributed by atoms with E-state index in [-0.39, 0.29) is 18.4 Å². The first-order valence-electron chi connectivity index (χ1n) is 8.39. The van der Waals surface area contributed by atoms with E-state index >= 15 is 0 Å². The molecule has 1 heterocycles. The van der Waals surface area contributed by atoms with Crippen molar-refractivity contribution in [2.45, 2.75) is 32.2 Å². The SMILES string of the molecule is Cc1ccc(C2CC(N)C(=O)N(CC(N)=O)c3cc(C)ccc32)cc1. The molecule has 0 fully saturated rings. The molecule has 2 aromatic carbocycles. The second-order valence-electron chi connectivity index (χ2n) is 6.76. The Morgan fingerprint density at radius 2 is 1.76 bits per heavy atom. The Labute approximate surface area is 147 Å². The second kappa shape index (κ2) is 6.69. The molecule has 0 aliphatic carbocycles. The summed E-state index contributed by atoms with van der Waals surface area (Å²) in [5, 5.41) is 0. The smallest absolute Gasteiger partial charge is 0.244 e. The zero-order valence-corrected chi connectivity index (χ0v) is 14.5. The van der Waals surface area contributed by atoms with Crippen LogP contribution in [0.25, 0.3) is 0 Å². The molecule has 0 saturated carbocycles. The van der Waals surface area contributed by atoms with Gasteiger partial charge in [-0.15, -0.1) is 0 Å². The quantitative estimate of drug-likeness (QED) is 0.897. The van der Waals surface area contributed by atoms with Crippen LogP contribution >= 0.6 is 0 Å². The van der Waals surface area contributed by atoms with Crippen molar-refractivity contribution < 1.29 is 9.59 Å². The number of rotatable bonds is 3. The zero-order chi connectivity index (χ0) is 18.1. The van der Waals surface area contributed by atoms with Crippen molar-refractivity contribution in [3.63, 3.8) is 0 Å². The molecule has 1 aliphatic heterocycles. The van der Waals surface area contributed by atoms with Gasteiger partial charge in [-0.1, -0.05) is 42.0 Å². The zero-order valence-electron chi connectivity index (χ0n) is 14.5. The van der Waals surface area contributed by atoms with Crippen LogP contribution in [0.3, 0.4) is 0 Å². The standard InChI is InChI=1S/C20H23N3O2/c1-12-3-6-14(7-4-12)16-10-17(21)20(25)23(11-19(22)24)18-9-13(2)5-8-15(16)18/h3-9,16-17H,10-11,21H2,1-2H3,(H2,22,24). The number of nitrogens with two attached hydrogens (primary N) is 2. The minimum atomic E-state index is -0.682. The van der Waals surface area contributed by atoms with Gasteiger partial charge < -0.3 is 16.4 Å². The molecule has 3 rings (SSSR count). The van der Waals surface area contributed by atoms with Crippen molar-refractivity contribution in [2.24, 2.45) is 11.5 Å². The van der Waals surface area contributed by atoms with Gasteiger partial charge in [-0.05, 0) is 43.0 Å². The van der Waals surface area contributed by atoms with Gasteiger partial charge in [0, 0.05) is 11.6 Å². The predicted octanol–water partition coefficient (Wildman–Crippen LogP) is 1.98. The molecule has 130 valence electrons. The van der Waals surface area contributed by atoms with Gasteiger partial charge in [-0.3, -0.25) is 9.59 Å². The third kappa shape index (κ3) is 3.42. The first kappa shape index (κ1) is 17.2. The number of primary amides is 1. The summed E-state index contributed by atoms with van der Waals surface area (Å²) < 4.78 is 0. The average Bonchev–Trinajstić information content (AvgIpc) is 2.66. The molecule has 2 unspecified atom stereocenters. The molecule has 4 N–H and O–H groups in total. The molecule has 2 aromatic rings. The number of carbonyl (C=O) groups is 2. The number of carbonyl (C=O) groups excluding carboxylic acids is 2. The lowest BCUT2D eigenvalue weighted by Crippen LogP contribution is -2.46. The van der Waals surface area contributed by atoms with Crippen molar-refractivity contribution in [3.8, 4) is 0 Å². The summed E-state index contributed by atoms with van der Waals surface area (Å²) >= 11 is 0. The lowest BCUT2D eigenvalue weighted by atomic mass is 9.85. The highest BCUT2D eigenvalue weighted by atomic mass is 16.2. The highest BCUT2D eigenvalue weighted by Gasteiger charge is 2.34. The third-order valence-corrected chi connectivity index (χ3v) is 4.72. The van der Waals surface area contributed by atoms with Crippen molar-refractivity contribution >= 4 is 17.5 Å². The van der Waals surface area contributed by atoms with E-state index in [1.807, 2.05) is 32.0 Å². The van der Waals surface area contributed by atoms with Crippen LogP contribution in [-0.2, 0) is 9.59 Å². The van der Waals surface area contributed by atoms with Crippen LogP contribution in [0.15, 0.2) is 42.5 Å². The Morgan fingerprint density at radius 1 is 1.12 bits per heavy atom. The van der Waals surface area contributed by atoms with E-state index in [4.69, 9.17) is 11.5 Å². The average molecular weight is 337 g/mol. The van der Waals surface area contributed by atoms with Gasteiger partial charge in [-0.2, -0.15) is 0 Å². The fourth-order valence-corrected chi connectivity index (χ4v) is 3.42. The summed E-state index contributed by atoms with van der Waals surface area (Å²) in [4.78, 5) is 25.7. The molecule has 2 atom stereocenters. The molecule has 0 saturated heterocycles. The molecule has 1 aliphatic rings. The molecule has 0 radical (unpaired) electrons. The van der Waals surface area contributed by atoms with E-state index in [0.29, 0.717) is 6.42 Å². The first-order valence-corrected chi connectivity index (χ1v) is 8.39. The van der Waals surface area contributed by atoms with Crippen LogP contribution in [0, 0.1) is 13.8 Å². The maximum atomic E-state index is 12.8. The van der Waals surface area contributed by atoms with Gasteiger partial charge >= 0.3 is 0 Å². The number of aryl methyl sites for hydroxylation is 2. The van der Waals surface area contributed by atoms with E-state index in [1.54, 1.807) is 0 Å². The van der Waals surface area contributed by atoms with E-state index in [0.717, 1.165) is 22.4 Å². The van der Waals surface area contributed by atoms with Gasteiger partial charge in [0.25, 0.3) is 0 Å². The fraction of sp³-hybridized carbons (Fsp3) is 0.300. The van der Waals surface area contributed by atoms with Gasteiger partial charge in [0.15, 0.2) is 0 Å². The number of hydrogen-bond acceptors (Lipinski definition) is 3. The van der Waals surface area contributed by atoms with E-state index in [9.17, 15) is 9.59 Å². The van der Waals surface area contributed by atoms with Crippen LogP contribution in [0.1, 0.15) is 34.6 Å². The van der Waals surface area contributed by atoms with Gasteiger partial charge in [0.05, 0.1) is 6.04 Å². The molecule has 25 heavy (non-hydrogen) atoms. The van der Waals surface area contributed by atoms with Gasteiger partial charge in [0.2, 0.25) is 11.8 Å². The molecule has 0 spiro atoms. The topological polar surface area (TPSA) is 89.4 Å². The number of benzene rings is 2. The molecule has 5 nitrogen and oxygen atoms in total. The number of hydrogen-bond donors (Lipinski definition) is 2. The van der Waals surface area contributed by atoms with Crippen molar-refractivity contribution in [1.82, 2.24) is 0 Å². The summed E-state index contributed by atoms with van der Waals surface area (Å²) in [6, 6.07) is 13.5. The largest absolute Gasteiger partial charge is 0.368 e. The Hall–Kier alpha value is -2.66. The molecule has 0 bridgehead atoms. The minimum Gasteiger partial charge on any atom is -0.368 e. The Morgan fingerprint density at radius 3 is 2.40 bits per heavy atom. The van der Waals surface area contributed by atoms with Gasteiger partial charge in [-0.25, -0.2) is 0 Å². The number of fused-ring (bicyclic) bond motifs is 1. The molecule has 2 amide bonds. The fourth-order valence-electron chi connectivity index (χ4n) is 3.42. The normalized spacial score (nSPS) is 20.1. The highest BCUT2D eigenvalue weighted by molar-refractivity contribution is 6.02. The Balaban J connectivity index is 2.16. The van der Waals surface area contributed by atoms with Crippen LogP contribution in [0.5, 0.6) is 0 Å². The van der Waals surface area contributed by atoms with Gasteiger partial charge in [0.1, 0.15) is 6.54 Å². The second-order valence-corrected chi connectivity index (χ2v) is 6.76. The highest BCUT2D eigenvalue weighted by Crippen LogP contribution is 2.39. The van der Waals surface area contributed by atoms with Crippen LogP contribution in [0.4, 0.5) is 5.69 Å². The van der Waals surface area contributed by atoms with E-state index < -0.39 is 11.9 Å². The third-order valence-electron chi connectivity index (χ3n) is 4.72. The number of anilines is 1. The summed E-state index contributed by atoms with van der Waals surface area (Å²) in [6.45, 7) is 3.83. The molecule has 0 aromatic heterocycles. The summed E-state index contributed by atoms with van der Waals surface area (Å²) in [7, 11) is 0. The summed E-state index contributed by atoms with van der Waals surface area (Å²) in [6.07, 6.45) is 0.493. The van der Waals surface area contributed by atoms with E-state index in [1.165, 1.54) is 10.5 Å². The van der Waals surface area contributed by atoms with Crippen molar-refractivity contribution in [2.75, 3.05) is 11.4 Å². The molecular weight excluding hydrogens is 314 g/mol. The number of nitrogens with zero attached hydrogens (tertiary/aromatic N) is 1. The Bertz CT molecular complexity index is 814. The van der Waals surface area contributed by atoms with Crippen molar-refractivity contribution in [1.29, 1.82) is 0 Å².